The summed E-state index contributed by atoms with van der Waals surface area (Å²) >= 11 is 0. The summed E-state index contributed by atoms with van der Waals surface area (Å²) in [6.07, 6.45) is 0. The van der Waals surface area contributed by atoms with Gasteiger partial charge < -0.3 is 24.6 Å². The molecule has 0 radical (unpaired) electrons. The van der Waals surface area contributed by atoms with Crippen molar-refractivity contribution in [3.05, 3.63) is 77.6 Å². The molecule has 7 nitrogen and oxygen atoms in total. The lowest BCUT2D eigenvalue weighted by molar-refractivity contribution is 0.145. The van der Waals surface area contributed by atoms with Gasteiger partial charge in [-0.15, -0.1) is 0 Å². The summed E-state index contributed by atoms with van der Waals surface area (Å²) in [5.74, 6) is 2.57. The zero-order valence-electron chi connectivity index (χ0n) is 19.9. The number of piperazine rings is 1. The van der Waals surface area contributed by atoms with Crippen LogP contribution in [0.5, 0.6) is 17.2 Å². The molecule has 3 aromatic carbocycles. The number of nitrogens with zero attached hydrogens (tertiary/aromatic N) is 3. The van der Waals surface area contributed by atoms with E-state index in [0.717, 1.165) is 22.6 Å². The average molecular weight is 475 g/mol. The standard InChI is InChI=1S/C27H27FN4O3/c1-17-4-10-23-25(14-17)35-24-11-9-21(34-3)15-22(24)26(30-23)31-12-13-32(18(2)16-31)27(33)29-20-7-5-19(28)6-8-20/h4-11,14-15,18H,12-13,16H2,1-3H3,(H,29,33)/t18-/m1/s1. The highest BCUT2D eigenvalue weighted by molar-refractivity contribution is 6.04. The summed E-state index contributed by atoms with van der Waals surface area (Å²) < 4.78 is 24.9. The predicted molar refractivity (Wildman–Crippen MR) is 134 cm³/mol. The summed E-state index contributed by atoms with van der Waals surface area (Å²) in [5, 5.41) is 2.86. The van der Waals surface area contributed by atoms with E-state index in [1.54, 1.807) is 24.1 Å². The molecule has 5 rings (SSSR count). The number of fused-ring (bicyclic) bond motifs is 2. The summed E-state index contributed by atoms with van der Waals surface area (Å²) in [6.45, 7) is 5.72. The van der Waals surface area contributed by atoms with Crippen LogP contribution in [-0.4, -0.2) is 54.5 Å². The predicted octanol–water partition coefficient (Wildman–Crippen LogP) is 5.56. The number of methoxy groups -OCH3 is 1. The first kappa shape index (κ1) is 22.7. The molecule has 2 aliphatic heterocycles. The molecule has 1 atom stereocenters. The molecule has 0 bridgehead atoms. The van der Waals surface area contributed by atoms with Gasteiger partial charge in [-0.25, -0.2) is 14.2 Å². The van der Waals surface area contributed by atoms with Gasteiger partial charge in [0.25, 0.3) is 0 Å². The van der Waals surface area contributed by atoms with Crippen LogP contribution in [0.25, 0.3) is 0 Å². The maximum absolute atomic E-state index is 13.2. The second-order valence-corrected chi connectivity index (χ2v) is 8.80. The van der Waals surface area contributed by atoms with E-state index in [0.29, 0.717) is 42.6 Å². The third-order valence-corrected chi connectivity index (χ3v) is 6.27. The van der Waals surface area contributed by atoms with Crippen LogP contribution in [0.15, 0.2) is 65.7 Å². The highest BCUT2D eigenvalue weighted by atomic mass is 19.1. The van der Waals surface area contributed by atoms with Crippen molar-refractivity contribution < 1.29 is 18.7 Å². The van der Waals surface area contributed by atoms with Crippen molar-refractivity contribution in [2.24, 2.45) is 4.99 Å². The molecule has 0 saturated carbocycles. The maximum atomic E-state index is 13.2. The fourth-order valence-corrected chi connectivity index (χ4v) is 4.41. The van der Waals surface area contributed by atoms with Gasteiger partial charge in [-0.3, -0.25) is 0 Å². The number of aliphatic imine (C=N–C) groups is 1. The first-order valence-electron chi connectivity index (χ1n) is 11.5. The number of rotatable bonds is 2. The van der Waals surface area contributed by atoms with Crippen molar-refractivity contribution in [2.75, 3.05) is 32.1 Å². The van der Waals surface area contributed by atoms with Gasteiger partial charge >= 0.3 is 6.03 Å². The molecule has 0 unspecified atom stereocenters. The Morgan fingerprint density at radius 2 is 1.89 bits per heavy atom. The minimum atomic E-state index is -0.341. The molecule has 0 spiro atoms. The van der Waals surface area contributed by atoms with Crippen molar-refractivity contribution in [3.8, 4) is 17.2 Å². The minimum absolute atomic E-state index is 0.0809. The van der Waals surface area contributed by atoms with Crippen LogP contribution in [0, 0.1) is 12.7 Å². The first-order chi connectivity index (χ1) is 16.9. The Bertz CT molecular complexity index is 1290. The van der Waals surface area contributed by atoms with Gasteiger partial charge in [0.1, 0.15) is 28.8 Å². The molecule has 1 saturated heterocycles. The summed E-state index contributed by atoms with van der Waals surface area (Å²) in [5.41, 5.74) is 3.25. The summed E-state index contributed by atoms with van der Waals surface area (Å²) in [6, 6.07) is 17.1. The number of amides is 2. The lowest BCUT2D eigenvalue weighted by Crippen LogP contribution is -2.56. The highest BCUT2D eigenvalue weighted by Gasteiger charge is 2.32. The quantitative estimate of drug-likeness (QED) is 0.528. The largest absolute Gasteiger partial charge is 0.497 e. The number of aryl methyl sites for hydroxylation is 1. The van der Waals surface area contributed by atoms with Crippen LogP contribution in [0.4, 0.5) is 20.6 Å². The van der Waals surface area contributed by atoms with Crippen LogP contribution < -0.4 is 14.8 Å². The van der Waals surface area contributed by atoms with E-state index in [-0.39, 0.29) is 17.9 Å². The van der Waals surface area contributed by atoms with Crippen molar-refractivity contribution in [3.63, 3.8) is 0 Å². The number of urea groups is 1. The normalized spacial score (nSPS) is 16.9. The number of hydrogen-bond donors (Lipinski definition) is 1. The van der Waals surface area contributed by atoms with Crippen LogP contribution in [0.1, 0.15) is 18.1 Å². The van der Waals surface area contributed by atoms with Gasteiger partial charge in [-0.2, -0.15) is 0 Å². The zero-order chi connectivity index (χ0) is 24.5. The van der Waals surface area contributed by atoms with Gasteiger partial charge in [-0.1, -0.05) is 6.07 Å². The third-order valence-electron chi connectivity index (χ3n) is 6.27. The summed E-state index contributed by atoms with van der Waals surface area (Å²) in [7, 11) is 1.63. The van der Waals surface area contributed by atoms with Gasteiger partial charge in [0.05, 0.1) is 12.7 Å². The molecule has 0 aromatic heterocycles. The van der Waals surface area contributed by atoms with E-state index >= 15 is 0 Å². The molecular weight excluding hydrogens is 447 g/mol. The molecule has 0 aliphatic carbocycles. The molecule has 1 fully saturated rings. The molecule has 35 heavy (non-hydrogen) atoms. The highest BCUT2D eigenvalue weighted by Crippen LogP contribution is 2.40. The molecule has 180 valence electrons. The van der Waals surface area contributed by atoms with Crippen LogP contribution in [0.2, 0.25) is 0 Å². The van der Waals surface area contributed by atoms with Crippen LogP contribution in [0.3, 0.4) is 0 Å². The van der Waals surface area contributed by atoms with E-state index < -0.39 is 0 Å². The Hall–Kier alpha value is -4.07. The Labute approximate surface area is 203 Å². The molecule has 8 heteroatoms. The van der Waals surface area contributed by atoms with Gasteiger partial charge in [0, 0.05) is 31.4 Å². The van der Waals surface area contributed by atoms with Crippen molar-refractivity contribution in [2.45, 2.75) is 19.9 Å². The second kappa shape index (κ2) is 9.29. The monoisotopic (exact) mass is 474 g/mol. The summed E-state index contributed by atoms with van der Waals surface area (Å²) in [4.78, 5) is 21.9. The van der Waals surface area contributed by atoms with Crippen LogP contribution in [-0.2, 0) is 0 Å². The number of carbonyl (C=O) groups excluding carboxylic acids is 1. The van der Waals surface area contributed by atoms with E-state index in [9.17, 15) is 9.18 Å². The minimum Gasteiger partial charge on any atom is -0.497 e. The molecule has 1 N–H and O–H groups in total. The molecular formula is C27H27FN4O3. The van der Waals surface area contributed by atoms with Crippen molar-refractivity contribution >= 4 is 23.2 Å². The fourth-order valence-electron chi connectivity index (χ4n) is 4.41. The number of benzene rings is 3. The van der Waals surface area contributed by atoms with Crippen LogP contribution >= 0.6 is 0 Å². The smallest absolute Gasteiger partial charge is 0.322 e. The number of nitrogens with one attached hydrogen (secondary N) is 1. The Balaban J connectivity index is 1.41. The van der Waals surface area contributed by atoms with E-state index in [4.69, 9.17) is 14.5 Å². The van der Waals surface area contributed by atoms with Crippen molar-refractivity contribution in [1.29, 1.82) is 0 Å². The van der Waals surface area contributed by atoms with Gasteiger partial charge in [0.15, 0.2) is 5.75 Å². The average Bonchev–Trinajstić information content (AvgIpc) is 3.01. The third kappa shape index (κ3) is 4.64. The molecule has 2 amide bonds. The molecule has 2 heterocycles. The number of ether oxygens (including phenoxy) is 2. The van der Waals surface area contributed by atoms with E-state index in [1.807, 2.05) is 50.2 Å². The zero-order valence-corrected chi connectivity index (χ0v) is 19.9. The fraction of sp³-hybridized carbons (Fsp3) is 0.259. The SMILES string of the molecule is COc1ccc2c(c1)C(N1CCN(C(=O)Nc3ccc(F)cc3)[C@H](C)C1)=Nc1ccc(C)cc1O2. The maximum Gasteiger partial charge on any atom is 0.322 e. The molecule has 2 aliphatic rings. The second-order valence-electron chi connectivity index (χ2n) is 8.80. The lowest BCUT2D eigenvalue weighted by Gasteiger charge is -2.41. The number of amidine groups is 1. The Morgan fingerprint density at radius 3 is 2.63 bits per heavy atom. The van der Waals surface area contributed by atoms with E-state index in [2.05, 4.69) is 10.2 Å². The Kier molecular flexibility index (Phi) is 6.03. The van der Waals surface area contributed by atoms with Gasteiger partial charge in [0.2, 0.25) is 0 Å². The van der Waals surface area contributed by atoms with Crippen molar-refractivity contribution in [1.82, 2.24) is 9.80 Å². The number of halogens is 1. The van der Waals surface area contributed by atoms with Gasteiger partial charge in [-0.05, 0) is 74.0 Å². The Morgan fingerprint density at radius 1 is 1.09 bits per heavy atom. The first-order valence-corrected chi connectivity index (χ1v) is 11.5. The number of carbonyl (C=O) groups is 1. The number of anilines is 1. The number of hydrogen-bond acceptors (Lipinski definition) is 5. The lowest BCUT2D eigenvalue weighted by atomic mass is 10.1. The van der Waals surface area contributed by atoms with E-state index in [1.165, 1.54) is 12.1 Å². The topological polar surface area (TPSA) is 66.4 Å². The molecule has 3 aromatic rings.